The molecule has 2 heteroatoms. The number of unbranched alkanes of at least 4 members (excludes halogenated alkanes) is 1. The van der Waals surface area contributed by atoms with E-state index in [9.17, 15) is 0 Å². The molecule has 0 spiro atoms. The predicted octanol–water partition coefficient (Wildman–Crippen LogP) is 3.51. The van der Waals surface area contributed by atoms with Crippen molar-refractivity contribution in [3.05, 3.63) is 35.4 Å². The standard InChI is InChI=1S/C16H28N2/c1-5-7-12-18(4)16(15(17)6-2)14-11-9-8-10-13(14)3/h8-11,15-16H,5-7,12,17H2,1-4H3. The van der Waals surface area contributed by atoms with Crippen LogP contribution < -0.4 is 5.73 Å². The lowest BCUT2D eigenvalue weighted by Gasteiger charge is -2.33. The number of benzene rings is 1. The van der Waals surface area contributed by atoms with Crippen LogP contribution in [0.3, 0.4) is 0 Å². The topological polar surface area (TPSA) is 29.3 Å². The highest BCUT2D eigenvalue weighted by atomic mass is 15.1. The van der Waals surface area contributed by atoms with E-state index in [2.05, 4.69) is 57.0 Å². The number of aryl methyl sites for hydroxylation is 1. The summed E-state index contributed by atoms with van der Waals surface area (Å²) in [5, 5.41) is 0. The molecule has 0 aliphatic carbocycles. The van der Waals surface area contributed by atoms with Gasteiger partial charge in [-0.3, -0.25) is 4.90 Å². The fourth-order valence-electron chi connectivity index (χ4n) is 2.48. The highest BCUT2D eigenvalue weighted by Gasteiger charge is 2.23. The summed E-state index contributed by atoms with van der Waals surface area (Å²) in [5.41, 5.74) is 9.07. The Balaban J connectivity index is 2.94. The molecule has 0 aliphatic rings. The summed E-state index contributed by atoms with van der Waals surface area (Å²) >= 11 is 0. The van der Waals surface area contributed by atoms with Gasteiger partial charge in [0.15, 0.2) is 0 Å². The summed E-state index contributed by atoms with van der Waals surface area (Å²) in [6.07, 6.45) is 3.47. The Morgan fingerprint density at radius 1 is 1.22 bits per heavy atom. The van der Waals surface area contributed by atoms with Crippen molar-refractivity contribution in [3.8, 4) is 0 Å². The third kappa shape index (κ3) is 3.82. The lowest BCUT2D eigenvalue weighted by atomic mass is 9.93. The van der Waals surface area contributed by atoms with Crippen molar-refractivity contribution in [1.82, 2.24) is 4.90 Å². The Labute approximate surface area is 112 Å². The van der Waals surface area contributed by atoms with E-state index in [-0.39, 0.29) is 6.04 Å². The average molecular weight is 248 g/mol. The second kappa shape index (κ2) is 7.55. The van der Waals surface area contributed by atoms with Crippen molar-refractivity contribution < 1.29 is 0 Å². The number of nitrogens with two attached hydrogens (primary N) is 1. The molecule has 2 nitrogen and oxygen atoms in total. The molecular weight excluding hydrogens is 220 g/mol. The zero-order valence-electron chi connectivity index (χ0n) is 12.3. The molecule has 102 valence electrons. The van der Waals surface area contributed by atoms with Crippen LogP contribution in [-0.4, -0.2) is 24.5 Å². The van der Waals surface area contributed by atoms with Crippen LogP contribution in [0.5, 0.6) is 0 Å². The van der Waals surface area contributed by atoms with E-state index >= 15 is 0 Å². The Morgan fingerprint density at radius 2 is 1.89 bits per heavy atom. The third-order valence-electron chi connectivity index (χ3n) is 3.72. The van der Waals surface area contributed by atoms with Crippen LogP contribution in [0.2, 0.25) is 0 Å². The van der Waals surface area contributed by atoms with Crippen LogP contribution in [0.4, 0.5) is 0 Å². The van der Waals surface area contributed by atoms with E-state index in [0.29, 0.717) is 6.04 Å². The van der Waals surface area contributed by atoms with Crippen molar-refractivity contribution in [2.24, 2.45) is 5.73 Å². The minimum Gasteiger partial charge on any atom is -0.326 e. The number of hydrogen-bond acceptors (Lipinski definition) is 2. The van der Waals surface area contributed by atoms with E-state index in [4.69, 9.17) is 5.73 Å². The number of hydrogen-bond donors (Lipinski definition) is 1. The van der Waals surface area contributed by atoms with Crippen LogP contribution in [0, 0.1) is 6.92 Å². The fraction of sp³-hybridized carbons (Fsp3) is 0.625. The van der Waals surface area contributed by atoms with Crippen molar-refractivity contribution in [1.29, 1.82) is 0 Å². The van der Waals surface area contributed by atoms with Gasteiger partial charge in [0, 0.05) is 12.1 Å². The van der Waals surface area contributed by atoms with Gasteiger partial charge in [0.1, 0.15) is 0 Å². The molecule has 2 N–H and O–H groups in total. The normalized spacial score (nSPS) is 14.8. The van der Waals surface area contributed by atoms with Crippen LogP contribution in [0.25, 0.3) is 0 Å². The minimum atomic E-state index is 0.202. The first kappa shape index (κ1) is 15.2. The van der Waals surface area contributed by atoms with Gasteiger partial charge in [-0.25, -0.2) is 0 Å². The smallest absolute Gasteiger partial charge is 0.0498 e. The van der Waals surface area contributed by atoms with Crippen LogP contribution >= 0.6 is 0 Å². The maximum absolute atomic E-state index is 6.35. The first-order valence-corrected chi connectivity index (χ1v) is 7.13. The lowest BCUT2D eigenvalue weighted by molar-refractivity contribution is 0.206. The molecular formula is C16H28N2. The van der Waals surface area contributed by atoms with E-state index < -0.39 is 0 Å². The van der Waals surface area contributed by atoms with E-state index in [1.165, 1.54) is 24.0 Å². The van der Waals surface area contributed by atoms with Gasteiger partial charge in [-0.15, -0.1) is 0 Å². The van der Waals surface area contributed by atoms with E-state index in [1.807, 2.05) is 0 Å². The largest absolute Gasteiger partial charge is 0.326 e. The lowest BCUT2D eigenvalue weighted by Crippen LogP contribution is -2.39. The zero-order chi connectivity index (χ0) is 13.5. The van der Waals surface area contributed by atoms with Gasteiger partial charge in [-0.1, -0.05) is 44.5 Å². The first-order valence-electron chi connectivity index (χ1n) is 7.13. The highest BCUT2D eigenvalue weighted by Crippen LogP contribution is 2.26. The molecule has 2 atom stereocenters. The maximum Gasteiger partial charge on any atom is 0.0498 e. The molecule has 18 heavy (non-hydrogen) atoms. The summed E-state index contributed by atoms with van der Waals surface area (Å²) in [5.74, 6) is 0. The molecule has 0 heterocycles. The second-order valence-electron chi connectivity index (χ2n) is 5.21. The molecule has 1 aromatic rings. The number of nitrogens with zero attached hydrogens (tertiary/aromatic N) is 1. The highest BCUT2D eigenvalue weighted by molar-refractivity contribution is 5.29. The average Bonchev–Trinajstić information content (AvgIpc) is 2.38. The zero-order valence-corrected chi connectivity index (χ0v) is 12.3. The molecule has 1 rings (SSSR count). The Hall–Kier alpha value is -0.860. The Kier molecular flexibility index (Phi) is 6.37. The van der Waals surface area contributed by atoms with Crippen LogP contribution in [0.1, 0.15) is 50.3 Å². The van der Waals surface area contributed by atoms with Crippen LogP contribution in [0.15, 0.2) is 24.3 Å². The van der Waals surface area contributed by atoms with Gasteiger partial charge in [0.05, 0.1) is 0 Å². The predicted molar refractivity (Wildman–Crippen MR) is 79.7 cm³/mol. The monoisotopic (exact) mass is 248 g/mol. The minimum absolute atomic E-state index is 0.202. The van der Waals surface area contributed by atoms with Crippen LogP contribution in [-0.2, 0) is 0 Å². The molecule has 0 aromatic heterocycles. The molecule has 0 bridgehead atoms. The van der Waals surface area contributed by atoms with Gasteiger partial charge >= 0.3 is 0 Å². The quantitative estimate of drug-likeness (QED) is 0.800. The number of likely N-dealkylation sites (N-methyl/N-ethyl adjacent to an activating group) is 1. The molecule has 0 aliphatic heterocycles. The second-order valence-corrected chi connectivity index (χ2v) is 5.21. The van der Waals surface area contributed by atoms with Gasteiger partial charge in [0.2, 0.25) is 0 Å². The van der Waals surface area contributed by atoms with E-state index in [1.54, 1.807) is 0 Å². The Morgan fingerprint density at radius 3 is 2.44 bits per heavy atom. The third-order valence-corrected chi connectivity index (χ3v) is 3.72. The van der Waals surface area contributed by atoms with Crippen molar-refractivity contribution >= 4 is 0 Å². The number of rotatable bonds is 7. The van der Waals surface area contributed by atoms with Crippen molar-refractivity contribution in [2.45, 2.75) is 52.1 Å². The fourth-order valence-corrected chi connectivity index (χ4v) is 2.48. The van der Waals surface area contributed by atoms with Gasteiger partial charge in [-0.05, 0) is 44.5 Å². The van der Waals surface area contributed by atoms with E-state index in [0.717, 1.165) is 13.0 Å². The molecule has 0 radical (unpaired) electrons. The summed E-state index contributed by atoms with van der Waals surface area (Å²) in [6, 6.07) is 9.15. The molecule has 2 unspecified atom stereocenters. The Bertz CT molecular complexity index is 349. The molecule has 0 saturated carbocycles. The van der Waals surface area contributed by atoms with Gasteiger partial charge in [-0.2, -0.15) is 0 Å². The SMILES string of the molecule is CCCCN(C)C(c1ccccc1C)C(N)CC. The first-order chi connectivity index (χ1) is 8.61. The summed E-state index contributed by atoms with van der Waals surface area (Å²) in [6.45, 7) is 7.70. The van der Waals surface area contributed by atoms with Crippen molar-refractivity contribution in [3.63, 3.8) is 0 Å². The molecule has 0 fully saturated rings. The summed E-state index contributed by atoms with van der Waals surface area (Å²) in [7, 11) is 2.20. The van der Waals surface area contributed by atoms with Crippen molar-refractivity contribution in [2.75, 3.05) is 13.6 Å². The maximum atomic E-state index is 6.35. The van der Waals surface area contributed by atoms with Gasteiger partial charge in [0.25, 0.3) is 0 Å². The molecule has 1 aromatic carbocycles. The molecule has 0 saturated heterocycles. The van der Waals surface area contributed by atoms with Gasteiger partial charge < -0.3 is 5.73 Å². The summed E-state index contributed by atoms with van der Waals surface area (Å²) in [4.78, 5) is 2.42. The molecule has 0 amide bonds. The summed E-state index contributed by atoms with van der Waals surface area (Å²) < 4.78 is 0.